The second kappa shape index (κ2) is 8.34. The standard InChI is InChI=1S/C24H27N3O2S/c28-21(26-18-12-10-17(11-13-18)16-6-2-1-3-7-16)14-27-15-25-23-22(24(27)29)19-8-4-5-9-20(19)30-23/h10-13,15-16H,1-9,14H2,(H,26,28). The van der Waals surface area contributed by atoms with Gasteiger partial charge >= 0.3 is 0 Å². The Morgan fingerprint density at radius 1 is 1.07 bits per heavy atom. The van der Waals surface area contributed by atoms with Crippen LogP contribution in [0.1, 0.15) is 66.9 Å². The van der Waals surface area contributed by atoms with Crippen molar-refractivity contribution < 1.29 is 4.79 Å². The molecule has 5 nitrogen and oxygen atoms in total. The molecule has 1 saturated carbocycles. The lowest BCUT2D eigenvalue weighted by Crippen LogP contribution is -2.28. The summed E-state index contributed by atoms with van der Waals surface area (Å²) in [5, 5.41) is 3.65. The Morgan fingerprint density at radius 3 is 2.63 bits per heavy atom. The van der Waals surface area contributed by atoms with Gasteiger partial charge in [-0.25, -0.2) is 4.98 Å². The van der Waals surface area contributed by atoms with Crippen LogP contribution in [0.2, 0.25) is 0 Å². The second-order valence-electron chi connectivity index (χ2n) is 8.57. The third kappa shape index (κ3) is 3.81. The number of nitrogens with zero attached hydrogens (tertiary/aromatic N) is 2. The van der Waals surface area contributed by atoms with E-state index in [1.807, 2.05) is 12.1 Å². The number of thiophene rings is 1. The van der Waals surface area contributed by atoms with Crippen LogP contribution < -0.4 is 10.9 Å². The molecule has 2 heterocycles. The molecule has 0 atom stereocenters. The Kier molecular flexibility index (Phi) is 5.42. The number of fused-ring (bicyclic) bond motifs is 3. The zero-order valence-electron chi connectivity index (χ0n) is 17.2. The number of carbonyl (C=O) groups is 1. The maximum Gasteiger partial charge on any atom is 0.262 e. The van der Waals surface area contributed by atoms with Crippen molar-refractivity contribution in [2.24, 2.45) is 0 Å². The van der Waals surface area contributed by atoms with E-state index in [0.29, 0.717) is 5.92 Å². The number of rotatable bonds is 4. The quantitative estimate of drug-likeness (QED) is 0.643. The third-order valence-electron chi connectivity index (χ3n) is 6.53. The summed E-state index contributed by atoms with van der Waals surface area (Å²) in [4.78, 5) is 32.2. The van der Waals surface area contributed by atoms with E-state index in [4.69, 9.17) is 0 Å². The number of aryl methyl sites for hydroxylation is 2. The van der Waals surface area contributed by atoms with E-state index >= 15 is 0 Å². The Bertz CT molecular complexity index is 1120. The number of hydrogen-bond acceptors (Lipinski definition) is 4. The number of carbonyl (C=O) groups excluding carboxylic acids is 1. The highest BCUT2D eigenvalue weighted by Gasteiger charge is 2.20. The van der Waals surface area contributed by atoms with Crippen molar-refractivity contribution in [3.63, 3.8) is 0 Å². The molecular weight excluding hydrogens is 394 g/mol. The summed E-state index contributed by atoms with van der Waals surface area (Å²) in [6.07, 6.45) is 12.3. The normalized spacial score (nSPS) is 17.1. The van der Waals surface area contributed by atoms with E-state index in [0.717, 1.165) is 40.7 Å². The van der Waals surface area contributed by atoms with Crippen molar-refractivity contribution in [1.82, 2.24) is 9.55 Å². The van der Waals surface area contributed by atoms with Crippen LogP contribution in [0, 0.1) is 0 Å². The van der Waals surface area contributed by atoms with Gasteiger partial charge in [-0.1, -0.05) is 31.4 Å². The van der Waals surface area contributed by atoms with Gasteiger partial charge in [-0.2, -0.15) is 0 Å². The summed E-state index contributed by atoms with van der Waals surface area (Å²) in [5.74, 6) is 0.448. The Labute approximate surface area is 180 Å². The largest absolute Gasteiger partial charge is 0.325 e. The summed E-state index contributed by atoms with van der Waals surface area (Å²) >= 11 is 1.63. The molecule has 1 amide bonds. The Morgan fingerprint density at radius 2 is 1.83 bits per heavy atom. The molecule has 3 aromatic rings. The van der Waals surface area contributed by atoms with E-state index in [9.17, 15) is 9.59 Å². The monoisotopic (exact) mass is 421 g/mol. The number of nitrogens with one attached hydrogen (secondary N) is 1. The van der Waals surface area contributed by atoms with Crippen molar-refractivity contribution in [2.75, 3.05) is 5.32 Å². The molecule has 0 saturated heterocycles. The van der Waals surface area contributed by atoms with E-state index in [1.165, 1.54) is 59.9 Å². The fraction of sp³-hybridized carbons (Fsp3) is 0.458. The number of hydrogen-bond donors (Lipinski definition) is 1. The molecule has 1 aromatic carbocycles. The molecule has 0 bridgehead atoms. The zero-order valence-corrected chi connectivity index (χ0v) is 18.0. The van der Waals surface area contributed by atoms with Crippen LogP contribution in [-0.2, 0) is 24.2 Å². The smallest absolute Gasteiger partial charge is 0.262 e. The van der Waals surface area contributed by atoms with Crippen LogP contribution >= 0.6 is 11.3 Å². The van der Waals surface area contributed by atoms with Gasteiger partial charge in [0.25, 0.3) is 5.56 Å². The average molecular weight is 422 g/mol. The van der Waals surface area contributed by atoms with Crippen LogP contribution in [-0.4, -0.2) is 15.5 Å². The van der Waals surface area contributed by atoms with Gasteiger partial charge in [0.05, 0.1) is 11.7 Å². The highest BCUT2D eigenvalue weighted by atomic mass is 32.1. The van der Waals surface area contributed by atoms with Crippen LogP contribution in [0.15, 0.2) is 35.4 Å². The highest BCUT2D eigenvalue weighted by molar-refractivity contribution is 7.18. The first kappa shape index (κ1) is 19.5. The molecule has 6 heteroatoms. The third-order valence-corrected chi connectivity index (χ3v) is 7.73. The predicted octanol–water partition coefficient (Wildman–Crippen LogP) is 5.02. The van der Waals surface area contributed by atoms with Gasteiger partial charge in [0.2, 0.25) is 5.91 Å². The fourth-order valence-corrected chi connectivity index (χ4v) is 6.14. The van der Waals surface area contributed by atoms with Gasteiger partial charge in [0.1, 0.15) is 11.4 Å². The van der Waals surface area contributed by atoms with Crippen LogP contribution in [0.5, 0.6) is 0 Å². The maximum atomic E-state index is 13.0. The van der Waals surface area contributed by atoms with Crippen molar-refractivity contribution in [1.29, 1.82) is 0 Å². The molecule has 0 unspecified atom stereocenters. The molecule has 0 radical (unpaired) electrons. The first-order chi connectivity index (χ1) is 14.7. The first-order valence-corrected chi connectivity index (χ1v) is 11.9. The van der Waals surface area contributed by atoms with Crippen molar-refractivity contribution >= 4 is 33.1 Å². The summed E-state index contributed by atoms with van der Waals surface area (Å²) < 4.78 is 1.44. The van der Waals surface area contributed by atoms with Gasteiger partial charge in [-0.15, -0.1) is 11.3 Å². The van der Waals surface area contributed by atoms with Gasteiger partial charge in [-0.3, -0.25) is 14.2 Å². The van der Waals surface area contributed by atoms with Gasteiger partial charge in [0, 0.05) is 10.6 Å². The molecule has 2 aromatic heterocycles. The highest BCUT2D eigenvalue weighted by Crippen LogP contribution is 2.34. The lowest BCUT2D eigenvalue weighted by atomic mass is 9.84. The number of amides is 1. The second-order valence-corrected chi connectivity index (χ2v) is 9.66. The van der Waals surface area contributed by atoms with Crippen LogP contribution in [0.25, 0.3) is 10.2 Å². The summed E-state index contributed by atoms with van der Waals surface area (Å²) in [7, 11) is 0. The van der Waals surface area contributed by atoms with E-state index < -0.39 is 0 Å². The number of aromatic nitrogens is 2. The van der Waals surface area contributed by atoms with Crippen molar-refractivity contribution in [2.45, 2.75) is 70.3 Å². The zero-order chi connectivity index (χ0) is 20.5. The first-order valence-electron chi connectivity index (χ1n) is 11.1. The Hall–Kier alpha value is -2.47. The molecule has 156 valence electrons. The molecule has 2 aliphatic rings. The molecule has 5 rings (SSSR count). The van der Waals surface area contributed by atoms with Gasteiger partial charge in [0.15, 0.2) is 0 Å². The number of anilines is 1. The molecular formula is C24H27N3O2S. The maximum absolute atomic E-state index is 13.0. The minimum Gasteiger partial charge on any atom is -0.325 e. The number of benzene rings is 1. The molecule has 0 aliphatic heterocycles. The molecule has 0 spiro atoms. The van der Waals surface area contributed by atoms with Crippen molar-refractivity contribution in [3.8, 4) is 0 Å². The summed E-state index contributed by atoms with van der Waals surface area (Å²) in [6.45, 7) is -0.0171. The average Bonchev–Trinajstić information content (AvgIpc) is 3.16. The van der Waals surface area contributed by atoms with Crippen molar-refractivity contribution in [3.05, 3.63) is 57.0 Å². The van der Waals surface area contributed by atoms with E-state index in [-0.39, 0.29) is 18.0 Å². The molecule has 30 heavy (non-hydrogen) atoms. The lowest BCUT2D eigenvalue weighted by Gasteiger charge is -2.22. The fourth-order valence-electron chi connectivity index (χ4n) is 4.92. The lowest BCUT2D eigenvalue weighted by molar-refractivity contribution is -0.116. The minimum absolute atomic E-state index is 0.0171. The topological polar surface area (TPSA) is 64.0 Å². The van der Waals surface area contributed by atoms with Gasteiger partial charge in [-0.05, 0) is 67.7 Å². The minimum atomic E-state index is -0.201. The van der Waals surface area contributed by atoms with E-state index in [2.05, 4.69) is 22.4 Å². The molecule has 1 N–H and O–H groups in total. The summed E-state index contributed by atoms with van der Waals surface area (Å²) in [6, 6.07) is 8.20. The van der Waals surface area contributed by atoms with Crippen LogP contribution in [0.3, 0.4) is 0 Å². The predicted molar refractivity (Wildman–Crippen MR) is 121 cm³/mol. The molecule has 1 fully saturated rings. The molecule has 2 aliphatic carbocycles. The summed E-state index contributed by atoms with van der Waals surface area (Å²) in [5.41, 5.74) is 3.20. The van der Waals surface area contributed by atoms with E-state index in [1.54, 1.807) is 11.3 Å². The SMILES string of the molecule is O=C(Cn1cnc2sc3c(c2c1=O)CCCC3)Nc1ccc(C2CCCCC2)cc1. The Balaban J connectivity index is 1.30. The van der Waals surface area contributed by atoms with Crippen LogP contribution in [0.4, 0.5) is 5.69 Å². The van der Waals surface area contributed by atoms with Gasteiger partial charge < -0.3 is 5.32 Å².